The Labute approximate surface area is 170 Å². The molecule has 1 fully saturated rings. The molecule has 2 heterocycles. The second-order valence-corrected chi connectivity index (χ2v) is 7.71. The molecule has 1 N–H and O–H groups in total. The van der Waals surface area contributed by atoms with Crippen LogP contribution < -0.4 is 10.1 Å². The number of ketones is 1. The average molecular weight is 398 g/mol. The van der Waals surface area contributed by atoms with Crippen molar-refractivity contribution >= 4 is 28.9 Å². The number of para-hydroxylation sites is 1. The van der Waals surface area contributed by atoms with Crippen LogP contribution in [0.2, 0.25) is 5.02 Å². The van der Waals surface area contributed by atoms with E-state index >= 15 is 0 Å². The van der Waals surface area contributed by atoms with E-state index in [2.05, 4.69) is 17.1 Å². The van der Waals surface area contributed by atoms with Gasteiger partial charge in [0, 0.05) is 36.6 Å². The molecule has 0 unspecified atom stereocenters. The predicted molar refractivity (Wildman–Crippen MR) is 112 cm³/mol. The minimum Gasteiger partial charge on any atom is -0.454 e. The lowest BCUT2D eigenvalue weighted by Crippen LogP contribution is -2.56. The fourth-order valence-electron chi connectivity index (χ4n) is 4.03. The lowest BCUT2D eigenvalue weighted by Gasteiger charge is -2.38. The highest BCUT2D eigenvalue weighted by Gasteiger charge is 2.32. The van der Waals surface area contributed by atoms with Gasteiger partial charge in [0.2, 0.25) is 0 Å². The van der Waals surface area contributed by atoms with Gasteiger partial charge in [0.1, 0.15) is 23.1 Å². The first-order valence-corrected chi connectivity index (χ1v) is 10.1. The Balaban J connectivity index is 1.75. The van der Waals surface area contributed by atoms with Crippen molar-refractivity contribution in [3.63, 3.8) is 0 Å². The average Bonchev–Trinajstić information content (AvgIpc) is 2.85. The van der Waals surface area contributed by atoms with Gasteiger partial charge in [-0.1, -0.05) is 30.7 Å². The summed E-state index contributed by atoms with van der Waals surface area (Å²) in [5, 5.41) is 4.14. The summed E-state index contributed by atoms with van der Waals surface area (Å²) in [5.74, 6) is 2.55. The molecule has 0 amide bonds. The van der Waals surface area contributed by atoms with Gasteiger partial charge in [-0.25, -0.2) is 4.99 Å². The van der Waals surface area contributed by atoms with Gasteiger partial charge < -0.3 is 15.0 Å². The molecule has 28 heavy (non-hydrogen) atoms. The molecule has 5 nitrogen and oxygen atoms in total. The second kappa shape index (κ2) is 7.94. The molecule has 2 aromatic rings. The molecule has 0 aliphatic carbocycles. The maximum atomic E-state index is 12.1. The second-order valence-electron chi connectivity index (χ2n) is 7.28. The molecule has 6 heteroatoms. The molecule has 2 aliphatic rings. The van der Waals surface area contributed by atoms with Crippen molar-refractivity contribution in [2.75, 3.05) is 19.6 Å². The number of rotatable bonds is 3. The number of aliphatic imine (C=N–C) groups is 1. The lowest BCUT2D eigenvalue weighted by molar-refractivity contribution is -0.122. The minimum absolute atomic E-state index is 0.00222. The molecule has 4 rings (SSSR count). The van der Waals surface area contributed by atoms with Crippen LogP contribution in [0, 0.1) is 5.92 Å². The van der Waals surface area contributed by atoms with Gasteiger partial charge in [0.25, 0.3) is 0 Å². The van der Waals surface area contributed by atoms with Gasteiger partial charge in [-0.05, 0) is 43.7 Å². The van der Waals surface area contributed by atoms with Crippen LogP contribution in [-0.2, 0) is 4.79 Å². The Hall–Kier alpha value is -2.37. The first-order valence-electron chi connectivity index (χ1n) is 9.71. The molecule has 2 aliphatic heterocycles. The Kier molecular flexibility index (Phi) is 5.38. The zero-order valence-electron chi connectivity index (χ0n) is 16.1. The number of amidine groups is 1. The summed E-state index contributed by atoms with van der Waals surface area (Å²) < 4.78 is 6.14. The summed E-state index contributed by atoms with van der Waals surface area (Å²) in [6.45, 7) is 6.09. The minimum atomic E-state index is 0.00222. The highest BCUT2D eigenvalue weighted by Crippen LogP contribution is 2.39. The highest BCUT2D eigenvalue weighted by atomic mass is 35.5. The number of carbonyl (C=O) groups is 1. The summed E-state index contributed by atoms with van der Waals surface area (Å²) in [7, 11) is 0. The zero-order valence-corrected chi connectivity index (χ0v) is 16.9. The number of benzene rings is 2. The van der Waals surface area contributed by atoms with Crippen LogP contribution in [0.1, 0.15) is 25.8 Å². The van der Waals surface area contributed by atoms with E-state index in [-0.39, 0.29) is 17.7 Å². The van der Waals surface area contributed by atoms with Crippen LogP contribution in [0.3, 0.4) is 0 Å². The van der Waals surface area contributed by atoms with Crippen molar-refractivity contribution in [3.05, 3.63) is 53.1 Å². The molecule has 0 radical (unpaired) electrons. The Morgan fingerprint density at radius 2 is 2.14 bits per heavy atom. The van der Waals surface area contributed by atoms with Crippen LogP contribution >= 0.6 is 11.6 Å². The number of ether oxygens (including phenoxy) is 1. The Bertz CT molecular complexity index is 928. The van der Waals surface area contributed by atoms with Gasteiger partial charge in [-0.3, -0.25) is 4.79 Å². The van der Waals surface area contributed by atoms with Crippen molar-refractivity contribution in [2.24, 2.45) is 10.9 Å². The topological polar surface area (TPSA) is 53.9 Å². The van der Waals surface area contributed by atoms with Gasteiger partial charge in [-0.2, -0.15) is 0 Å². The number of carbonyl (C=O) groups excluding carboxylic acids is 1. The highest BCUT2D eigenvalue weighted by molar-refractivity contribution is 6.31. The predicted octanol–water partition coefficient (Wildman–Crippen LogP) is 4.41. The molecular formula is C22H24ClN3O2. The number of fused-ring (bicyclic) bond motifs is 2. The molecule has 1 saturated heterocycles. The third kappa shape index (κ3) is 3.64. The molecular weight excluding hydrogens is 374 g/mol. The van der Waals surface area contributed by atoms with Crippen LogP contribution in [0.25, 0.3) is 0 Å². The fourth-order valence-corrected chi connectivity index (χ4v) is 4.20. The van der Waals surface area contributed by atoms with Gasteiger partial charge in [0.15, 0.2) is 5.75 Å². The molecule has 2 aromatic carbocycles. The van der Waals surface area contributed by atoms with Gasteiger partial charge >= 0.3 is 0 Å². The van der Waals surface area contributed by atoms with Crippen molar-refractivity contribution < 1.29 is 9.53 Å². The summed E-state index contributed by atoms with van der Waals surface area (Å²) in [5.41, 5.74) is 1.67. The number of nitrogens with zero attached hydrogens (tertiary/aromatic N) is 2. The smallest absolute Gasteiger partial charge is 0.153 e. The first-order chi connectivity index (χ1) is 13.6. The van der Waals surface area contributed by atoms with E-state index in [0.717, 1.165) is 43.2 Å². The monoisotopic (exact) mass is 397 g/mol. The molecule has 2 atom stereocenters. The quantitative estimate of drug-likeness (QED) is 0.833. The van der Waals surface area contributed by atoms with Crippen LogP contribution in [0.4, 0.5) is 5.69 Å². The van der Waals surface area contributed by atoms with Crippen molar-refractivity contribution in [1.82, 2.24) is 10.2 Å². The number of piperazine rings is 1. The maximum absolute atomic E-state index is 12.1. The third-order valence-electron chi connectivity index (χ3n) is 5.45. The normalized spacial score (nSPS) is 19.6. The number of Topliss-reactive ketones (excluding diaryl/α,β-unsaturated/α-hetero) is 1. The van der Waals surface area contributed by atoms with Crippen molar-refractivity contribution in [3.8, 4) is 11.5 Å². The molecule has 0 bridgehead atoms. The van der Waals surface area contributed by atoms with Crippen LogP contribution in [0.5, 0.6) is 11.5 Å². The van der Waals surface area contributed by atoms with Crippen molar-refractivity contribution in [2.45, 2.75) is 26.3 Å². The van der Waals surface area contributed by atoms with E-state index in [1.165, 1.54) is 0 Å². The molecule has 0 aromatic heterocycles. The number of hydrogen-bond donors (Lipinski definition) is 1. The maximum Gasteiger partial charge on any atom is 0.153 e. The third-order valence-corrected chi connectivity index (χ3v) is 5.68. The largest absolute Gasteiger partial charge is 0.454 e. The first kappa shape index (κ1) is 19.0. The van der Waals surface area contributed by atoms with Gasteiger partial charge in [-0.15, -0.1) is 0 Å². The van der Waals surface area contributed by atoms with Crippen LogP contribution in [-0.4, -0.2) is 42.2 Å². The summed E-state index contributed by atoms with van der Waals surface area (Å²) in [4.78, 5) is 19.3. The number of hydrogen-bond acceptors (Lipinski definition) is 5. The SMILES string of the molecule is CC[C@H](C(C)=O)[C@@H]1CN(C2=Nc3cc(Cl)ccc3Oc3ccccc32)CCN1. The number of halogens is 1. The van der Waals surface area contributed by atoms with Crippen molar-refractivity contribution in [1.29, 1.82) is 0 Å². The van der Waals surface area contributed by atoms with E-state index < -0.39 is 0 Å². The van der Waals surface area contributed by atoms with E-state index in [4.69, 9.17) is 21.3 Å². The van der Waals surface area contributed by atoms with Gasteiger partial charge in [0.05, 0.1) is 5.56 Å². The molecule has 0 saturated carbocycles. The molecule has 0 spiro atoms. The summed E-state index contributed by atoms with van der Waals surface area (Å²) >= 11 is 6.21. The molecule has 146 valence electrons. The number of nitrogens with one attached hydrogen (secondary N) is 1. The van der Waals surface area contributed by atoms with E-state index in [1.807, 2.05) is 42.5 Å². The summed E-state index contributed by atoms with van der Waals surface area (Å²) in [6, 6.07) is 13.5. The lowest BCUT2D eigenvalue weighted by atomic mass is 9.91. The van der Waals surface area contributed by atoms with E-state index in [9.17, 15) is 4.79 Å². The standard InChI is InChI=1S/C22H24ClN3O2/c1-3-16(14(2)27)19-13-26(11-10-24-19)22-17-6-4-5-7-20(17)28-21-9-8-15(23)12-18(21)25-22/h4-9,12,16,19,24H,3,10-11,13H2,1-2H3/t16-,19+/m1/s1. The van der Waals surface area contributed by atoms with E-state index in [0.29, 0.717) is 16.5 Å². The zero-order chi connectivity index (χ0) is 19.7. The van der Waals surface area contributed by atoms with E-state index in [1.54, 1.807) is 6.92 Å². The summed E-state index contributed by atoms with van der Waals surface area (Å²) in [6.07, 6.45) is 0.825. The Morgan fingerprint density at radius 3 is 2.93 bits per heavy atom. The van der Waals surface area contributed by atoms with Crippen LogP contribution in [0.15, 0.2) is 47.5 Å². The fraction of sp³-hybridized carbons (Fsp3) is 0.364. The Morgan fingerprint density at radius 1 is 1.32 bits per heavy atom.